The molecule has 3 aliphatic heterocycles. The van der Waals surface area contributed by atoms with Gasteiger partial charge in [-0.2, -0.15) is 0 Å². The van der Waals surface area contributed by atoms with Crippen LogP contribution in [-0.2, 0) is 28.6 Å². The number of rotatable bonds is 1. The van der Waals surface area contributed by atoms with E-state index in [9.17, 15) is 14.4 Å². The van der Waals surface area contributed by atoms with Gasteiger partial charge < -0.3 is 14.2 Å². The second-order valence-corrected chi connectivity index (χ2v) is 5.76. The third kappa shape index (κ3) is 1.31. The van der Waals surface area contributed by atoms with Crippen LogP contribution in [0.2, 0.25) is 0 Å². The fourth-order valence-corrected chi connectivity index (χ4v) is 3.43. The third-order valence-corrected chi connectivity index (χ3v) is 4.67. The van der Waals surface area contributed by atoms with Gasteiger partial charge in [-0.05, 0) is 6.08 Å². The van der Waals surface area contributed by atoms with Crippen LogP contribution in [0.5, 0.6) is 0 Å². The average Bonchev–Trinajstić information content (AvgIpc) is 2.73. The van der Waals surface area contributed by atoms with E-state index < -0.39 is 34.4 Å². The monoisotopic (exact) mass is 316 g/mol. The van der Waals surface area contributed by atoms with E-state index in [0.29, 0.717) is 0 Å². The van der Waals surface area contributed by atoms with Crippen molar-refractivity contribution in [3.05, 3.63) is 11.6 Å². The summed E-state index contributed by atoms with van der Waals surface area (Å²) in [6.45, 7) is 0. The van der Waals surface area contributed by atoms with E-state index in [1.165, 1.54) is 13.2 Å². The molecule has 1 aliphatic carbocycles. The van der Waals surface area contributed by atoms with Gasteiger partial charge in [-0.3, -0.25) is 9.59 Å². The largest absolute Gasteiger partial charge is 0.466 e. The lowest BCUT2D eigenvalue weighted by Crippen LogP contribution is -2.60. The topological polar surface area (TPSA) is 78.9 Å². The van der Waals surface area contributed by atoms with Crippen LogP contribution >= 0.6 is 15.9 Å². The Morgan fingerprint density at radius 2 is 2.22 bits per heavy atom. The highest BCUT2D eigenvalue weighted by Crippen LogP contribution is 2.51. The van der Waals surface area contributed by atoms with E-state index in [0.717, 1.165) is 0 Å². The molecule has 4 atom stereocenters. The van der Waals surface area contributed by atoms with Gasteiger partial charge in [0.1, 0.15) is 10.4 Å². The zero-order valence-electron chi connectivity index (χ0n) is 9.34. The van der Waals surface area contributed by atoms with Crippen LogP contribution < -0.4 is 0 Å². The molecule has 0 radical (unpaired) electrons. The Kier molecular flexibility index (Phi) is 2.32. The van der Waals surface area contributed by atoms with Crippen molar-refractivity contribution in [3.8, 4) is 0 Å². The second-order valence-electron chi connectivity index (χ2n) is 4.45. The zero-order chi connectivity index (χ0) is 13.1. The first-order valence-electron chi connectivity index (χ1n) is 5.38. The van der Waals surface area contributed by atoms with Crippen molar-refractivity contribution in [3.63, 3.8) is 0 Å². The van der Waals surface area contributed by atoms with Gasteiger partial charge in [-0.15, -0.1) is 0 Å². The first-order valence-corrected chi connectivity index (χ1v) is 6.17. The Hall–Kier alpha value is -1.37. The van der Waals surface area contributed by atoms with Crippen LogP contribution in [0, 0.1) is 5.92 Å². The van der Waals surface area contributed by atoms with Gasteiger partial charge >= 0.3 is 17.9 Å². The van der Waals surface area contributed by atoms with Gasteiger partial charge in [-0.25, -0.2) is 4.79 Å². The van der Waals surface area contributed by atoms with E-state index in [1.54, 1.807) is 0 Å². The van der Waals surface area contributed by atoms with Crippen molar-refractivity contribution in [2.24, 2.45) is 5.92 Å². The van der Waals surface area contributed by atoms with E-state index >= 15 is 0 Å². The summed E-state index contributed by atoms with van der Waals surface area (Å²) in [6, 6.07) is 0. The summed E-state index contributed by atoms with van der Waals surface area (Å²) in [4.78, 5) is 34.9. The molecule has 3 heterocycles. The van der Waals surface area contributed by atoms with Gasteiger partial charge in [0, 0.05) is 5.92 Å². The molecule has 7 heteroatoms. The lowest BCUT2D eigenvalue weighted by atomic mass is 9.74. The van der Waals surface area contributed by atoms with E-state index in [-0.39, 0.29) is 17.9 Å². The van der Waals surface area contributed by atoms with Crippen LogP contribution in [0.25, 0.3) is 0 Å². The standard InChI is InChI=1S/C11H9BrO6/c1-16-9(14)4-3-11(12)5-2-6(13)17-8(5)7(4)18-10(11)15/h3,5,7-8H,2H2,1H3/t5-,7+,8+,11+/m1/s1. The molecule has 4 aliphatic rings. The molecule has 2 bridgehead atoms. The predicted molar refractivity (Wildman–Crippen MR) is 59.6 cm³/mol. The Labute approximate surface area is 110 Å². The molecule has 2 fully saturated rings. The number of methoxy groups -OCH3 is 1. The first kappa shape index (κ1) is 11.7. The highest BCUT2D eigenvalue weighted by Gasteiger charge is 2.65. The number of fused-ring (bicyclic) bond motifs is 1. The highest BCUT2D eigenvalue weighted by molar-refractivity contribution is 9.10. The van der Waals surface area contributed by atoms with Crippen molar-refractivity contribution < 1.29 is 28.6 Å². The number of esters is 3. The minimum atomic E-state index is -1.18. The summed E-state index contributed by atoms with van der Waals surface area (Å²) >= 11 is 3.28. The first-order chi connectivity index (χ1) is 8.47. The van der Waals surface area contributed by atoms with Crippen LogP contribution in [0.3, 0.4) is 0 Å². The van der Waals surface area contributed by atoms with Crippen molar-refractivity contribution in [2.75, 3.05) is 7.11 Å². The maximum atomic E-state index is 11.9. The number of carbonyl (C=O) groups is 3. The molecule has 0 amide bonds. The maximum Gasteiger partial charge on any atom is 0.337 e. The molecule has 0 aromatic carbocycles. The number of ether oxygens (including phenoxy) is 3. The summed E-state index contributed by atoms with van der Waals surface area (Å²) in [7, 11) is 1.24. The summed E-state index contributed by atoms with van der Waals surface area (Å²) < 4.78 is 13.8. The smallest absolute Gasteiger partial charge is 0.337 e. The fraction of sp³-hybridized carbons (Fsp3) is 0.545. The molecule has 0 N–H and O–H groups in total. The maximum absolute atomic E-state index is 11.9. The van der Waals surface area contributed by atoms with Gasteiger partial charge in [0.15, 0.2) is 6.10 Å². The van der Waals surface area contributed by atoms with Crippen molar-refractivity contribution in [1.82, 2.24) is 0 Å². The van der Waals surface area contributed by atoms with Crippen molar-refractivity contribution >= 4 is 33.8 Å². The molecule has 0 saturated carbocycles. The molecule has 6 nitrogen and oxygen atoms in total. The fourth-order valence-electron chi connectivity index (χ4n) is 2.67. The second kappa shape index (κ2) is 3.57. The van der Waals surface area contributed by atoms with E-state index in [4.69, 9.17) is 9.47 Å². The van der Waals surface area contributed by atoms with Crippen LogP contribution in [0.1, 0.15) is 6.42 Å². The minimum absolute atomic E-state index is 0.131. The summed E-state index contributed by atoms with van der Waals surface area (Å²) in [5.41, 5.74) is 0.213. The molecule has 4 rings (SSSR count). The van der Waals surface area contributed by atoms with Crippen LogP contribution in [-0.4, -0.2) is 41.5 Å². The SMILES string of the molecule is COC(=O)C1=C[C@@]2(Br)C(=O)O[C@@H]1[C@H]1OC(=O)C[C@H]12. The minimum Gasteiger partial charge on any atom is -0.466 e. The third-order valence-electron chi connectivity index (χ3n) is 3.53. The Bertz CT molecular complexity index is 498. The molecule has 2 saturated heterocycles. The predicted octanol–water partition coefficient (Wildman–Crippen LogP) is 0.0902. The van der Waals surface area contributed by atoms with Crippen molar-refractivity contribution in [2.45, 2.75) is 23.0 Å². The van der Waals surface area contributed by atoms with Gasteiger partial charge in [0.05, 0.1) is 19.1 Å². The molecular formula is C11H9BrO6. The molecular weight excluding hydrogens is 308 g/mol. The Balaban J connectivity index is 2.09. The highest BCUT2D eigenvalue weighted by atomic mass is 79.9. The number of carbonyl (C=O) groups excluding carboxylic acids is 3. The molecule has 18 heavy (non-hydrogen) atoms. The molecule has 0 unspecified atom stereocenters. The summed E-state index contributed by atoms with van der Waals surface area (Å²) in [6.07, 6.45) is 0.139. The number of hydrogen-bond acceptors (Lipinski definition) is 6. The normalized spacial score (nSPS) is 40.8. The van der Waals surface area contributed by atoms with Crippen molar-refractivity contribution in [1.29, 1.82) is 0 Å². The number of hydrogen-bond donors (Lipinski definition) is 0. The van der Waals surface area contributed by atoms with Crippen LogP contribution in [0.4, 0.5) is 0 Å². The average molecular weight is 317 g/mol. The number of halogens is 1. The molecule has 0 aromatic rings. The van der Waals surface area contributed by atoms with E-state index in [2.05, 4.69) is 20.7 Å². The summed E-state index contributed by atoms with van der Waals surface area (Å²) in [5.74, 6) is -1.82. The number of alkyl halides is 1. The van der Waals surface area contributed by atoms with Crippen LogP contribution in [0.15, 0.2) is 11.6 Å². The zero-order valence-corrected chi connectivity index (χ0v) is 10.9. The van der Waals surface area contributed by atoms with Gasteiger partial charge in [0.25, 0.3) is 0 Å². The van der Waals surface area contributed by atoms with Gasteiger partial charge in [-0.1, -0.05) is 15.9 Å². The van der Waals surface area contributed by atoms with E-state index in [1.807, 2.05) is 0 Å². The molecule has 0 aromatic heterocycles. The Morgan fingerprint density at radius 1 is 1.50 bits per heavy atom. The Morgan fingerprint density at radius 3 is 2.89 bits per heavy atom. The lowest BCUT2D eigenvalue weighted by molar-refractivity contribution is -0.175. The lowest BCUT2D eigenvalue weighted by Gasteiger charge is -2.45. The quantitative estimate of drug-likeness (QED) is 0.387. The molecule has 0 spiro atoms. The van der Waals surface area contributed by atoms with Gasteiger partial charge in [0.2, 0.25) is 0 Å². The summed E-state index contributed by atoms with van der Waals surface area (Å²) in [5, 5.41) is 0. The molecule has 96 valence electrons.